The zero-order chi connectivity index (χ0) is 14.0. The SMILES string of the molecule is CCC1NC(C)CC1c1cc(OC)c(OC)cc1Br. The molecule has 0 spiro atoms. The van der Waals surface area contributed by atoms with Crippen molar-refractivity contribution in [3.8, 4) is 11.5 Å². The number of rotatable bonds is 4. The second-order valence-electron chi connectivity index (χ2n) is 5.15. The lowest BCUT2D eigenvalue weighted by Gasteiger charge is -2.21. The first-order chi connectivity index (χ1) is 9.10. The van der Waals surface area contributed by atoms with Crippen molar-refractivity contribution in [3.63, 3.8) is 0 Å². The second-order valence-corrected chi connectivity index (χ2v) is 6.01. The average Bonchev–Trinajstić information content (AvgIpc) is 2.79. The van der Waals surface area contributed by atoms with Crippen LogP contribution in [0.25, 0.3) is 0 Å². The van der Waals surface area contributed by atoms with Crippen molar-refractivity contribution >= 4 is 15.9 Å². The van der Waals surface area contributed by atoms with Gasteiger partial charge < -0.3 is 14.8 Å². The summed E-state index contributed by atoms with van der Waals surface area (Å²) in [6.07, 6.45) is 2.29. The van der Waals surface area contributed by atoms with E-state index in [9.17, 15) is 0 Å². The number of benzene rings is 1. The van der Waals surface area contributed by atoms with Crippen LogP contribution in [-0.2, 0) is 0 Å². The highest BCUT2D eigenvalue weighted by Crippen LogP contribution is 2.41. The Balaban J connectivity index is 2.39. The van der Waals surface area contributed by atoms with Gasteiger partial charge in [-0.1, -0.05) is 22.9 Å². The minimum atomic E-state index is 0.522. The quantitative estimate of drug-likeness (QED) is 0.914. The van der Waals surface area contributed by atoms with E-state index < -0.39 is 0 Å². The van der Waals surface area contributed by atoms with Crippen molar-refractivity contribution in [1.82, 2.24) is 5.32 Å². The third-order valence-electron chi connectivity index (χ3n) is 3.93. The summed E-state index contributed by atoms with van der Waals surface area (Å²) in [6.45, 7) is 4.48. The minimum absolute atomic E-state index is 0.522. The van der Waals surface area contributed by atoms with E-state index in [0.717, 1.165) is 28.8 Å². The number of methoxy groups -OCH3 is 2. The molecule has 1 aromatic rings. The third-order valence-corrected chi connectivity index (χ3v) is 4.62. The Morgan fingerprint density at radius 3 is 2.47 bits per heavy atom. The normalized spacial score (nSPS) is 26.5. The van der Waals surface area contributed by atoms with Crippen LogP contribution in [0.5, 0.6) is 11.5 Å². The zero-order valence-electron chi connectivity index (χ0n) is 12.0. The molecule has 1 N–H and O–H groups in total. The van der Waals surface area contributed by atoms with Gasteiger partial charge in [-0.05, 0) is 37.5 Å². The fourth-order valence-electron chi connectivity index (χ4n) is 2.99. The molecule has 106 valence electrons. The van der Waals surface area contributed by atoms with E-state index in [1.165, 1.54) is 5.56 Å². The van der Waals surface area contributed by atoms with Gasteiger partial charge in [0.15, 0.2) is 11.5 Å². The first-order valence-corrected chi connectivity index (χ1v) is 7.57. The second kappa shape index (κ2) is 6.14. The van der Waals surface area contributed by atoms with Crippen molar-refractivity contribution in [2.45, 2.75) is 44.7 Å². The van der Waals surface area contributed by atoms with Gasteiger partial charge in [-0.25, -0.2) is 0 Å². The fraction of sp³-hybridized carbons (Fsp3) is 0.600. The molecule has 0 bridgehead atoms. The summed E-state index contributed by atoms with van der Waals surface area (Å²) in [5, 5.41) is 3.65. The van der Waals surface area contributed by atoms with Gasteiger partial charge in [0.1, 0.15) is 0 Å². The molecule has 3 nitrogen and oxygen atoms in total. The zero-order valence-corrected chi connectivity index (χ0v) is 13.6. The lowest BCUT2D eigenvalue weighted by Crippen LogP contribution is -2.28. The molecule has 3 atom stereocenters. The van der Waals surface area contributed by atoms with Gasteiger partial charge in [0.25, 0.3) is 0 Å². The molecular formula is C15H22BrNO2. The molecule has 2 rings (SSSR count). The number of hydrogen-bond acceptors (Lipinski definition) is 3. The molecule has 1 aliphatic heterocycles. The van der Waals surface area contributed by atoms with E-state index in [0.29, 0.717) is 18.0 Å². The molecule has 0 aliphatic carbocycles. The van der Waals surface area contributed by atoms with E-state index in [2.05, 4.69) is 41.2 Å². The summed E-state index contributed by atoms with van der Waals surface area (Å²) in [4.78, 5) is 0. The fourth-order valence-corrected chi connectivity index (χ4v) is 3.61. The Bertz CT molecular complexity index is 450. The maximum Gasteiger partial charge on any atom is 0.161 e. The standard InChI is InChI=1S/C15H22BrNO2/c1-5-13-11(6-9(2)17-13)10-7-14(18-3)15(19-4)8-12(10)16/h7-9,11,13,17H,5-6H2,1-4H3. The van der Waals surface area contributed by atoms with Crippen molar-refractivity contribution in [1.29, 1.82) is 0 Å². The van der Waals surface area contributed by atoms with Crippen molar-refractivity contribution < 1.29 is 9.47 Å². The van der Waals surface area contributed by atoms with Crippen molar-refractivity contribution in [2.24, 2.45) is 0 Å². The van der Waals surface area contributed by atoms with Crippen LogP contribution in [0.1, 0.15) is 38.2 Å². The molecule has 1 fully saturated rings. The Morgan fingerprint density at radius 2 is 1.89 bits per heavy atom. The van der Waals surface area contributed by atoms with Crippen LogP contribution < -0.4 is 14.8 Å². The minimum Gasteiger partial charge on any atom is -0.493 e. The average molecular weight is 328 g/mol. The lowest BCUT2D eigenvalue weighted by atomic mass is 9.89. The largest absolute Gasteiger partial charge is 0.493 e. The summed E-state index contributed by atoms with van der Waals surface area (Å²) in [6, 6.07) is 5.21. The van der Waals surface area contributed by atoms with Gasteiger partial charge in [0.05, 0.1) is 14.2 Å². The van der Waals surface area contributed by atoms with Crippen LogP contribution in [0.3, 0.4) is 0 Å². The van der Waals surface area contributed by atoms with Crippen LogP contribution >= 0.6 is 15.9 Å². The van der Waals surface area contributed by atoms with Gasteiger partial charge in [0, 0.05) is 22.5 Å². The topological polar surface area (TPSA) is 30.5 Å². The Hall–Kier alpha value is -0.740. The van der Waals surface area contributed by atoms with Gasteiger partial charge in [-0.3, -0.25) is 0 Å². The van der Waals surface area contributed by atoms with Crippen molar-refractivity contribution in [3.05, 3.63) is 22.2 Å². The van der Waals surface area contributed by atoms with Crippen LogP contribution in [-0.4, -0.2) is 26.3 Å². The highest BCUT2D eigenvalue weighted by Gasteiger charge is 2.33. The van der Waals surface area contributed by atoms with Crippen LogP contribution in [0.4, 0.5) is 0 Å². The first-order valence-electron chi connectivity index (χ1n) is 6.78. The van der Waals surface area contributed by atoms with Gasteiger partial charge in [-0.15, -0.1) is 0 Å². The molecule has 1 heterocycles. The van der Waals surface area contributed by atoms with Crippen LogP contribution in [0.15, 0.2) is 16.6 Å². The molecule has 1 saturated heterocycles. The predicted octanol–water partition coefficient (Wildman–Crippen LogP) is 3.71. The summed E-state index contributed by atoms with van der Waals surface area (Å²) in [7, 11) is 3.35. The Morgan fingerprint density at radius 1 is 1.26 bits per heavy atom. The summed E-state index contributed by atoms with van der Waals surface area (Å²) < 4.78 is 11.9. The number of ether oxygens (including phenoxy) is 2. The molecule has 0 aromatic heterocycles. The smallest absolute Gasteiger partial charge is 0.161 e. The highest BCUT2D eigenvalue weighted by molar-refractivity contribution is 9.10. The first kappa shape index (κ1) is 14.7. The van der Waals surface area contributed by atoms with E-state index >= 15 is 0 Å². The molecular weight excluding hydrogens is 306 g/mol. The summed E-state index contributed by atoms with van der Waals surface area (Å²) >= 11 is 3.67. The molecule has 0 amide bonds. The predicted molar refractivity (Wildman–Crippen MR) is 81.3 cm³/mol. The molecule has 4 heteroatoms. The maximum atomic E-state index is 5.42. The Labute approximate surface area is 123 Å². The molecule has 19 heavy (non-hydrogen) atoms. The van der Waals surface area contributed by atoms with Gasteiger partial charge in [-0.2, -0.15) is 0 Å². The number of nitrogens with one attached hydrogen (secondary N) is 1. The molecule has 1 aromatic carbocycles. The molecule has 0 saturated carbocycles. The third kappa shape index (κ3) is 2.90. The summed E-state index contributed by atoms with van der Waals surface area (Å²) in [5.41, 5.74) is 1.31. The summed E-state index contributed by atoms with van der Waals surface area (Å²) in [5.74, 6) is 2.09. The van der Waals surface area contributed by atoms with Crippen molar-refractivity contribution in [2.75, 3.05) is 14.2 Å². The number of hydrogen-bond donors (Lipinski definition) is 1. The Kier molecular flexibility index (Phi) is 4.74. The van der Waals surface area contributed by atoms with Gasteiger partial charge >= 0.3 is 0 Å². The highest BCUT2D eigenvalue weighted by atomic mass is 79.9. The van der Waals surface area contributed by atoms with E-state index in [1.807, 2.05) is 6.07 Å². The monoisotopic (exact) mass is 327 g/mol. The molecule has 1 aliphatic rings. The maximum absolute atomic E-state index is 5.42. The molecule has 3 unspecified atom stereocenters. The van der Waals surface area contributed by atoms with E-state index in [-0.39, 0.29) is 0 Å². The lowest BCUT2D eigenvalue weighted by molar-refractivity contribution is 0.353. The van der Waals surface area contributed by atoms with E-state index in [1.54, 1.807) is 14.2 Å². The van der Waals surface area contributed by atoms with Crippen LogP contribution in [0.2, 0.25) is 0 Å². The van der Waals surface area contributed by atoms with Crippen LogP contribution in [0, 0.1) is 0 Å². The molecule has 0 radical (unpaired) electrons. The number of halogens is 1. The van der Waals surface area contributed by atoms with Gasteiger partial charge in [0.2, 0.25) is 0 Å². The van der Waals surface area contributed by atoms with E-state index in [4.69, 9.17) is 9.47 Å².